The smallest absolute Gasteiger partial charge is 0.253 e. The molecular formula is C28H27NO12Se. The predicted octanol–water partition coefficient (Wildman–Crippen LogP) is 1.29. The molecule has 4 rings (SSSR count). The van der Waals surface area contributed by atoms with Gasteiger partial charge in [0.05, 0.1) is 0 Å². The molecule has 5 atom stereocenters. The van der Waals surface area contributed by atoms with E-state index in [0.29, 0.717) is 11.1 Å². The van der Waals surface area contributed by atoms with Crippen molar-refractivity contribution in [2.75, 3.05) is 6.61 Å². The van der Waals surface area contributed by atoms with Crippen LogP contribution in [-0.2, 0) is 47.6 Å². The van der Waals surface area contributed by atoms with Crippen molar-refractivity contribution in [2.45, 2.75) is 58.4 Å². The molecule has 0 N–H and O–H groups in total. The third kappa shape index (κ3) is 7.14. The normalized spacial score (nSPS) is 21.7. The number of rotatable bonds is 8. The van der Waals surface area contributed by atoms with Crippen molar-refractivity contribution in [2.24, 2.45) is 0 Å². The number of carbonyl (C=O) groups is 5. The van der Waals surface area contributed by atoms with Crippen molar-refractivity contribution >= 4 is 54.2 Å². The van der Waals surface area contributed by atoms with Crippen LogP contribution in [0.5, 0.6) is 0 Å². The summed E-state index contributed by atoms with van der Waals surface area (Å²) in [6, 6.07) is 13.4. The number of carbonyl (C=O) groups excluding carboxylic acids is 5. The summed E-state index contributed by atoms with van der Waals surface area (Å²) >= 11 is -0.274. The number of benzene rings is 2. The zero-order valence-electron chi connectivity index (χ0n) is 23.0. The van der Waals surface area contributed by atoms with E-state index in [1.165, 1.54) is 12.1 Å². The van der Waals surface area contributed by atoms with Gasteiger partial charge >= 0.3 is 210 Å². The third-order valence-electron chi connectivity index (χ3n) is 6.00. The minimum absolute atomic E-state index is 0.0725. The summed E-state index contributed by atoms with van der Waals surface area (Å²) in [6.07, 6.45) is -7.32. The minimum Gasteiger partial charge on any atom is -0.253 e. The molecule has 13 nitrogen and oxygen atoms in total. The second-order valence-electron chi connectivity index (χ2n) is 9.21. The van der Waals surface area contributed by atoms with Gasteiger partial charge in [0.15, 0.2) is 0 Å². The first-order valence-electron chi connectivity index (χ1n) is 12.7. The Morgan fingerprint density at radius 2 is 1.36 bits per heavy atom. The van der Waals surface area contributed by atoms with Crippen LogP contribution < -0.4 is 5.56 Å². The fourth-order valence-electron chi connectivity index (χ4n) is 4.33. The number of hydrogen-bond acceptors (Lipinski definition) is 12. The first-order chi connectivity index (χ1) is 19.9. The van der Waals surface area contributed by atoms with E-state index in [-0.39, 0.29) is 25.9 Å². The van der Waals surface area contributed by atoms with Crippen LogP contribution >= 0.6 is 0 Å². The molecule has 3 aromatic rings. The topological polar surface area (TPSA) is 163 Å². The van der Waals surface area contributed by atoms with E-state index in [4.69, 9.17) is 28.4 Å². The first kappa shape index (κ1) is 30.7. The molecule has 222 valence electrons. The molecule has 0 aliphatic carbocycles. The minimum atomic E-state index is -1.66. The van der Waals surface area contributed by atoms with Crippen molar-refractivity contribution in [3.63, 3.8) is 0 Å². The van der Waals surface area contributed by atoms with Gasteiger partial charge < -0.3 is 0 Å². The van der Waals surface area contributed by atoms with Crippen LogP contribution in [0.1, 0.15) is 38.1 Å². The molecule has 0 saturated carbocycles. The molecule has 1 saturated heterocycles. The molecule has 0 unspecified atom stereocenters. The molecular weight excluding hydrogens is 621 g/mol. The number of aromatic nitrogens is 1. The Morgan fingerprint density at radius 1 is 0.762 bits per heavy atom. The van der Waals surface area contributed by atoms with E-state index < -0.39 is 67.2 Å². The molecule has 0 spiro atoms. The van der Waals surface area contributed by atoms with Gasteiger partial charge in [-0.1, -0.05) is 0 Å². The Bertz CT molecular complexity index is 1560. The van der Waals surface area contributed by atoms with Crippen LogP contribution in [0.15, 0.2) is 53.3 Å². The van der Waals surface area contributed by atoms with E-state index in [1.54, 1.807) is 27.8 Å². The molecule has 14 heteroatoms. The maximum atomic E-state index is 13.2. The summed E-state index contributed by atoms with van der Waals surface area (Å²) in [6.45, 7) is 3.94. The van der Waals surface area contributed by atoms with Gasteiger partial charge in [-0.2, -0.15) is 0 Å². The SMILES string of the molecule is CC(=O)OC[C@H]1O[C@@H](OC(=O)c2ccc(-n3[se]c4ccccc4c3=O)cc2)[C@H](OC(C)=O)[C@@H](OC(C)=O)[C@H]1OC(C)=O. The molecule has 1 fully saturated rings. The molecule has 1 aliphatic heterocycles. The van der Waals surface area contributed by atoms with Crippen LogP contribution in [0, 0.1) is 0 Å². The van der Waals surface area contributed by atoms with Gasteiger partial charge in [-0.15, -0.1) is 0 Å². The summed E-state index contributed by atoms with van der Waals surface area (Å²) in [7, 11) is 0. The maximum absolute atomic E-state index is 13.2. The summed E-state index contributed by atoms with van der Waals surface area (Å²) in [5.74, 6) is -4.01. The van der Waals surface area contributed by atoms with Gasteiger partial charge in [0.1, 0.15) is 0 Å². The van der Waals surface area contributed by atoms with E-state index >= 15 is 0 Å². The quantitative estimate of drug-likeness (QED) is 0.196. The Hall–Kier alpha value is -4.26. The Morgan fingerprint density at radius 3 is 1.95 bits per heavy atom. The molecule has 2 aromatic carbocycles. The van der Waals surface area contributed by atoms with Crippen LogP contribution in [0.2, 0.25) is 0 Å². The van der Waals surface area contributed by atoms with E-state index in [9.17, 15) is 28.8 Å². The van der Waals surface area contributed by atoms with Crippen LogP contribution in [0.4, 0.5) is 0 Å². The molecule has 0 amide bonds. The second kappa shape index (κ2) is 13.1. The van der Waals surface area contributed by atoms with Crippen molar-refractivity contribution in [3.8, 4) is 5.69 Å². The summed E-state index contributed by atoms with van der Waals surface area (Å²) in [5, 5.41) is 0.629. The standard InChI is InChI=1S/C28H27NO12Se/c1-14(30)36-13-21-23(37-15(2)31)24(38-16(3)32)25(39-17(4)33)28(40-21)41-27(35)18-9-11-19(12-10-18)29-26(34)20-7-5-6-8-22(20)42-29/h5-12,21,23-25,28H,13H2,1-4H3/t21-,23+,24+,25-,28+/m1/s1. The van der Waals surface area contributed by atoms with Crippen molar-refractivity contribution < 1.29 is 52.4 Å². The predicted molar refractivity (Wildman–Crippen MR) is 144 cm³/mol. The first-order valence-corrected chi connectivity index (χ1v) is 14.3. The molecule has 0 radical (unpaired) electrons. The number of hydrogen-bond donors (Lipinski definition) is 0. The molecule has 42 heavy (non-hydrogen) atoms. The van der Waals surface area contributed by atoms with Gasteiger partial charge in [0, 0.05) is 20.8 Å². The molecule has 2 heterocycles. The van der Waals surface area contributed by atoms with Crippen molar-refractivity contribution in [1.82, 2.24) is 3.56 Å². The van der Waals surface area contributed by atoms with Gasteiger partial charge in [0.25, 0.3) is 0 Å². The van der Waals surface area contributed by atoms with Crippen molar-refractivity contribution in [3.05, 3.63) is 64.4 Å². The number of fused-ring (bicyclic) bond motifs is 1. The van der Waals surface area contributed by atoms with Crippen LogP contribution in [0.3, 0.4) is 0 Å². The number of nitrogens with zero attached hydrogens (tertiary/aromatic N) is 1. The molecule has 1 aromatic heterocycles. The van der Waals surface area contributed by atoms with Crippen molar-refractivity contribution in [1.29, 1.82) is 0 Å². The third-order valence-corrected chi connectivity index (χ3v) is 8.33. The Kier molecular flexibility index (Phi) is 9.61. The zero-order valence-corrected chi connectivity index (χ0v) is 24.7. The number of ether oxygens (including phenoxy) is 6. The molecule has 1 aliphatic rings. The average molecular weight is 648 g/mol. The van der Waals surface area contributed by atoms with Gasteiger partial charge in [-0.3, -0.25) is 14.4 Å². The fraction of sp³-hybridized carbons (Fsp3) is 0.357. The fourth-order valence-corrected chi connectivity index (χ4v) is 6.43. The summed E-state index contributed by atoms with van der Waals surface area (Å²) < 4.78 is 34.9. The van der Waals surface area contributed by atoms with Crippen LogP contribution in [0.25, 0.3) is 15.3 Å². The number of esters is 5. The van der Waals surface area contributed by atoms with Gasteiger partial charge in [-0.05, 0) is 0 Å². The Balaban J connectivity index is 1.62. The summed E-state index contributed by atoms with van der Waals surface area (Å²) in [5.41, 5.74) is 0.515. The van der Waals surface area contributed by atoms with E-state index in [0.717, 1.165) is 32.0 Å². The second-order valence-corrected chi connectivity index (χ2v) is 11.3. The zero-order chi connectivity index (χ0) is 30.6. The van der Waals surface area contributed by atoms with E-state index in [2.05, 4.69) is 0 Å². The monoisotopic (exact) mass is 649 g/mol. The van der Waals surface area contributed by atoms with Gasteiger partial charge in [0.2, 0.25) is 0 Å². The summed E-state index contributed by atoms with van der Waals surface area (Å²) in [4.78, 5) is 73.3. The average Bonchev–Trinajstić information content (AvgIpc) is 3.26. The van der Waals surface area contributed by atoms with E-state index in [1.807, 2.05) is 12.1 Å². The Labute approximate surface area is 245 Å². The van der Waals surface area contributed by atoms with Crippen LogP contribution in [-0.4, -0.2) is 85.5 Å². The van der Waals surface area contributed by atoms with Gasteiger partial charge in [-0.25, -0.2) is 0 Å². The molecule has 0 bridgehead atoms.